The van der Waals surface area contributed by atoms with Crippen molar-refractivity contribution in [2.24, 2.45) is 0 Å². The molecular weight excluding hydrogens is 234 g/mol. The molecule has 1 aromatic rings. The number of benzene rings is 1. The summed E-state index contributed by atoms with van der Waals surface area (Å²) in [6.45, 7) is 9.14. The summed E-state index contributed by atoms with van der Waals surface area (Å²) in [5.41, 5.74) is 3.83. The second-order valence-electron chi connectivity index (χ2n) is 5.27. The standard InChI is InChI=1S/C14H20ClNO/c1-11-8-12(9-15)4-5-13(11)16-6-7-17-10-14(16,2)3/h4-5,8H,6-7,9-10H2,1-3H3. The Kier molecular flexibility index (Phi) is 3.64. The summed E-state index contributed by atoms with van der Waals surface area (Å²) >= 11 is 5.86. The Labute approximate surface area is 109 Å². The van der Waals surface area contributed by atoms with Gasteiger partial charge in [0.15, 0.2) is 0 Å². The van der Waals surface area contributed by atoms with Crippen LogP contribution in [0.4, 0.5) is 5.69 Å². The average molecular weight is 254 g/mol. The molecule has 1 aliphatic rings. The van der Waals surface area contributed by atoms with Crippen molar-refractivity contribution in [1.29, 1.82) is 0 Å². The first-order valence-electron chi connectivity index (χ1n) is 6.05. The summed E-state index contributed by atoms with van der Waals surface area (Å²) in [5.74, 6) is 0.577. The highest BCUT2D eigenvalue weighted by atomic mass is 35.5. The molecule has 0 spiro atoms. The van der Waals surface area contributed by atoms with E-state index in [-0.39, 0.29) is 5.54 Å². The SMILES string of the molecule is Cc1cc(CCl)ccc1N1CCOCC1(C)C. The maximum atomic E-state index is 5.86. The number of rotatable bonds is 2. The summed E-state index contributed by atoms with van der Waals surface area (Å²) in [6.07, 6.45) is 0. The van der Waals surface area contributed by atoms with Gasteiger partial charge in [0.1, 0.15) is 0 Å². The van der Waals surface area contributed by atoms with Crippen LogP contribution < -0.4 is 4.90 Å². The van der Waals surface area contributed by atoms with Crippen molar-refractivity contribution in [2.45, 2.75) is 32.2 Å². The predicted octanol–water partition coefficient (Wildman–Crippen LogP) is 3.35. The molecule has 0 amide bonds. The Balaban J connectivity index is 2.32. The molecule has 0 unspecified atom stereocenters. The zero-order chi connectivity index (χ0) is 12.5. The maximum Gasteiger partial charge on any atom is 0.0694 e. The zero-order valence-electron chi connectivity index (χ0n) is 10.8. The fraction of sp³-hybridized carbons (Fsp3) is 0.571. The Morgan fingerprint density at radius 3 is 2.76 bits per heavy atom. The third-order valence-corrected chi connectivity index (χ3v) is 3.66. The van der Waals surface area contributed by atoms with Crippen molar-refractivity contribution in [3.8, 4) is 0 Å². The van der Waals surface area contributed by atoms with Crippen LogP contribution in [0.15, 0.2) is 18.2 Å². The number of nitrogens with zero attached hydrogens (tertiary/aromatic N) is 1. The Hall–Kier alpha value is -0.730. The molecule has 1 saturated heterocycles. The Bertz CT molecular complexity index is 403. The first-order chi connectivity index (χ1) is 8.04. The predicted molar refractivity (Wildman–Crippen MR) is 73.0 cm³/mol. The van der Waals surface area contributed by atoms with Crippen molar-refractivity contribution in [3.05, 3.63) is 29.3 Å². The van der Waals surface area contributed by atoms with Gasteiger partial charge in [0.2, 0.25) is 0 Å². The van der Waals surface area contributed by atoms with E-state index >= 15 is 0 Å². The molecule has 0 aliphatic carbocycles. The summed E-state index contributed by atoms with van der Waals surface area (Å²) in [7, 11) is 0. The third-order valence-electron chi connectivity index (χ3n) is 3.35. The second-order valence-corrected chi connectivity index (χ2v) is 5.54. The summed E-state index contributed by atoms with van der Waals surface area (Å²) in [6, 6.07) is 6.47. The minimum atomic E-state index is 0.0610. The largest absolute Gasteiger partial charge is 0.377 e. The smallest absolute Gasteiger partial charge is 0.0694 e. The molecule has 0 N–H and O–H groups in total. The minimum absolute atomic E-state index is 0.0610. The van der Waals surface area contributed by atoms with Gasteiger partial charge in [-0.1, -0.05) is 12.1 Å². The fourth-order valence-electron chi connectivity index (χ4n) is 2.41. The van der Waals surface area contributed by atoms with Crippen molar-refractivity contribution >= 4 is 17.3 Å². The molecular formula is C14H20ClNO. The van der Waals surface area contributed by atoms with Crippen molar-refractivity contribution < 1.29 is 4.74 Å². The number of aryl methyl sites for hydroxylation is 1. The Morgan fingerprint density at radius 2 is 2.18 bits per heavy atom. The number of halogens is 1. The van der Waals surface area contributed by atoms with E-state index in [9.17, 15) is 0 Å². The van der Waals surface area contributed by atoms with Gasteiger partial charge in [-0.25, -0.2) is 0 Å². The molecule has 1 aliphatic heterocycles. The lowest BCUT2D eigenvalue weighted by Crippen LogP contribution is -2.53. The molecule has 0 aromatic heterocycles. The van der Waals surface area contributed by atoms with Crippen molar-refractivity contribution in [1.82, 2.24) is 0 Å². The van der Waals surface area contributed by atoms with Crippen LogP contribution in [0.2, 0.25) is 0 Å². The Morgan fingerprint density at radius 1 is 1.41 bits per heavy atom. The lowest BCUT2D eigenvalue weighted by atomic mass is 9.99. The lowest BCUT2D eigenvalue weighted by Gasteiger charge is -2.44. The number of anilines is 1. The highest BCUT2D eigenvalue weighted by Gasteiger charge is 2.31. The first kappa shape index (κ1) is 12.7. The fourth-order valence-corrected chi connectivity index (χ4v) is 2.57. The minimum Gasteiger partial charge on any atom is -0.377 e. The van der Waals surface area contributed by atoms with Gasteiger partial charge in [0, 0.05) is 18.1 Å². The van der Waals surface area contributed by atoms with E-state index in [1.807, 2.05) is 0 Å². The van der Waals surface area contributed by atoms with Gasteiger partial charge in [-0.3, -0.25) is 0 Å². The second kappa shape index (κ2) is 4.87. The molecule has 0 saturated carbocycles. The third kappa shape index (κ3) is 2.58. The van der Waals surface area contributed by atoms with Crippen LogP contribution in [0.25, 0.3) is 0 Å². The van der Waals surface area contributed by atoms with Crippen molar-refractivity contribution in [2.75, 3.05) is 24.7 Å². The van der Waals surface area contributed by atoms with Gasteiger partial charge in [0.05, 0.1) is 18.8 Å². The molecule has 2 nitrogen and oxygen atoms in total. The summed E-state index contributed by atoms with van der Waals surface area (Å²) < 4.78 is 5.56. The molecule has 3 heteroatoms. The number of morpholine rings is 1. The van der Waals surface area contributed by atoms with E-state index in [0.717, 1.165) is 19.8 Å². The normalized spacial score (nSPS) is 19.4. The van der Waals surface area contributed by atoms with Crippen LogP contribution >= 0.6 is 11.6 Å². The molecule has 94 valence electrons. The molecule has 1 aromatic carbocycles. The van der Waals surface area contributed by atoms with Gasteiger partial charge in [-0.2, -0.15) is 0 Å². The molecule has 17 heavy (non-hydrogen) atoms. The first-order valence-corrected chi connectivity index (χ1v) is 6.59. The van der Waals surface area contributed by atoms with Gasteiger partial charge in [-0.15, -0.1) is 11.6 Å². The van der Waals surface area contributed by atoms with Gasteiger partial charge >= 0.3 is 0 Å². The van der Waals surface area contributed by atoms with Crippen LogP contribution in [0.1, 0.15) is 25.0 Å². The van der Waals surface area contributed by atoms with Crippen molar-refractivity contribution in [3.63, 3.8) is 0 Å². The van der Waals surface area contributed by atoms with E-state index in [4.69, 9.17) is 16.3 Å². The van der Waals surface area contributed by atoms with Gasteiger partial charge in [-0.05, 0) is 38.0 Å². The highest BCUT2D eigenvalue weighted by molar-refractivity contribution is 6.17. The quantitative estimate of drug-likeness (QED) is 0.750. The molecule has 1 fully saturated rings. The van der Waals surface area contributed by atoms with E-state index in [1.54, 1.807) is 0 Å². The number of hydrogen-bond donors (Lipinski definition) is 0. The average Bonchev–Trinajstić information content (AvgIpc) is 2.29. The van der Waals surface area contributed by atoms with Gasteiger partial charge < -0.3 is 9.64 Å². The number of alkyl halides is 1. The lowest BCUT2D eigenvalue weighted by molar-refractivity contribution is 0.0643. The maximum absolute atomic E-state index is 5.86. The monoisotopic (exact) mass is 253 g/mol. The number of ether oxygens (including phenoxy) is 1. The van der Waals surface area contributed by atoms with Crippen LogP contribution in [-0.2, 0) is 10.6 Å². The molecule has 0 atom stereocenters. The molecule has 0 radical (unpaired) electrons. The van der Waals surface area contributed by atoms with Crippen LogP contribution in [-0.4, -0.2) is 25.3 Å². The van der Waals surface area contributed by atoms with E-state index in [1.165, 1.54) is 16.8 Å². The van der Waals surface area contributed by atoms with E-state index in [2.05, 4.69) is 43.9 Å². The highest BCUT2D eigenvalue weighted by Crippen LogP contribution is 2.30. The zero-order valence-corrected chi connectivity index (χ0v) is 11.5. The van der Waals surface area contributed by atoms with Crippen LogP contribution in [0.5, 0.6) is 0 Å². The topological polar surface area (TPSA) is 12.5 Å². The summed E-state index contributed by atoms with van der Waals surface area (Å²) in [4.78, 5) is 2.43. The molecule has 0 bridgehead atoms. The van der Waals surface area contributed by atoms with E-state index < -0.39 is 0 Å². The van der Waals surface area contributed by atoms with E-state index in [0.29, 0.717) is 5.88 Å². The van der Waals surface area contributed by atoms with Crippen LogP contribution in [0.3, 0.4) is 0 Å². The van der Waals surface area contributed by atoms with Crippen LogP contribution in [0, 0.1) is 6.92 Å². The van der Waals surface area contributed by atoms with Gasteiger partial charge in [0.25, 0.3) is 0 Å². The molecule has 2 rings (SSSR count). The molecule has 1 heterocycles. The summed E-state index contributed by atoms with van der Waals surface area (Å²) in [5, 5.41) is 0. The number of hydrogen-bond acceptors (Lipinski definition) is 2.